The molecule has 2 N–H and O–H groups in total. The Morgan fingerprint density at radius 2 is 1.10 bits per heavy atom. The van der Waals surface area contributed by atoms with Crippen molar-refractivity contribution in [2.75, 3.05) is 34.4 Å². The Labute approximate surface area is 297 Å². The van der Waals surface area contributed by atoms with Crippen molar-refractivity contribution in [2.45, 2.75) is 36.5 Å². The van der Waals surface area contributed by atoms with Crippen LogP contribution in [0.3, 0.4) is 0 Å². The molecule has 0 aliphatic carbocycles. The van der Waals surface area contributed by atoms with Crippen molar-refractivity contribution in [3.8, 4) is 40.9 Å². The van der Waals surface area contributed by atoms with Gasteiger partial charge in [0.1, 0.15) is 35.5 Å². The lowest BCUT2D eigenvalue weighted by Crippen LogP contribution is -2.71. The molecule has 51 heavy (non-hydrogen) atoms. The van der Waals surface area contributed by atoms with Gasteiger partial charge in [-0.25, -0.2) is 0 Å². The molecule has 0 radical (unpaired) electrons. The highest BCUT2D eigenvalue weighted by molar-refractivity contribution is 5.91. The van der Waals surface area contributed by atoms with Gasteiger partial charge in [0, 0.05) is 18.3 Å². The number of amides is 2. The highest BCUT2D eigenvalue weighted by Crippen LogP contribution is 2.34. The molecule has 10 nitrogen and oxygen atoms in total. The second kappa shape index (κ2) is 16.6. The number of aliphatic hydroxyl groups excluding tert-OH is 2. The van der Waals surface area contributed by atoms with Crippen LogP contribution < -0.4 is 14.2 Å². The monoisotopic (exact) mass is 686 g/mol. The Balaban J connectivity index is 1.28. The zero-order valence-electron chi connectivity index (χ0n) is 28.5. The Bertz CT molecular complexity index is 1960. The molecule has 0 saturated carbocycles. The molecular weight excluding hydrogens is 648 g/mol. The van der Waals surface area contributed by atoms with Crippen LogP contribution in [-0.2, 0) is 14.3 Å². The van der Waals surface area contributed by atoms with E-state index in [4.69, 9.17) is 18.9 Å². The van der Waals surface area contributed by atoms with E-state index in [9.17, 15) is 19.8 Å². The lowest BCUT2D eigenvalue weighted by molar-refractivity contribution is -0.175. The first-order valence-electron chi connectivity index (χ1n) is 16.0. The zero-order chi connectivity index (χ0) is 36.5. The van der Waals surface area contributed by atoms with Crippen molar-refractivity contribution in [1.82, 2.24) is 9.80 Å². The normalized spacial score (nSPS) is 20.0. The number of rotatable bonds is 13. The number of hydrogen-bond donors (Lipinski definition) is 2. The third kappa shape index (κ3) is 7.62. The summed E-state index contributed by atoms with van der Waals surface area (Å²) in [7, 11) is 4.53. The van der Waals surface area contributed by atoms with Crippen LogP contribution in [0.5, 0.6) is 17.2 Å². The molecule has 6 atom stereocenters. The number of aliphatic hydroxyl groups is 2. The largest absolute Gasteiger partial charge is 0.497 e. The molecule has 0 bridgehead atoms. The Kier molecular flexibility index (Phi) is 11.8. The number of methoxy groups -OCH3 is 3. The topological polar surface area (TPSA) is 118 Å². The number of hydrogen-bond acceptors (Lipinski definition) is 8. The summed E-state index contributed by atoms with van der Waals surface area (Å²) in [6.07, 6.45) is -4.18. The lowest BCUT2D eigenvalue weighted by atomic mass is 9.86. The van der Waals surface area contributed by atoms with Crippen molar-refractivity contribution in [3.63, 3.8) is 0 Å². The van der Waals surface area contributed by atoms with Gasteiger partial charge in [-0.1, -0.05) is 67.5 Å². The molecule has 2 saturated heterocycles. The van der Waals surface area contributed by atoms with Crippen molar-refractivity contribution in [2.24, 2.45) is 0 Å². The fraction of sp³-hybridized carbons (Fsp3) is 0.268. The smallest absolute Gasteiger partial charge is 0.267 e. The number of carbonyl (C=O) groups is 2. The summed E-state index contributed by atoms with van der Waals surface area (Å²) in [5, 5.41) is 22.9. The first-order valence-corrected chi connectivity index (χ1v) is 16.0. The summed E-state index contributed by atoms with van der Waals surface area (Å²) in [5.41, 5.74) is 7.75. The van der Waals surface area contributed by atoms with Crippen LogP contribution in [0.15, 0.2) is 103 Å². The predicted octanol–water partition coefficient (Wildman–Crippen LogP) is 3.35. The first kappa shape index (κ1) is 36.3. The number of β-lactam (4-membered cyclic amide) rings is 2. The van der Waals surface area contributed by atoms with Crippen molar-refractivity contribution < 1.29 is 38.7 Å². The molecule has 0 unspecified atom stereocenters. The fourth-order valence-electron chi connectivity index (χ4n) is 6.10. The highest BCUT2D eigenvalue weighted by Gasteiger charge is 2.54. The molecule has 2 aliphatic rings. The van der Waals surface area contributed by atoms with Crippen LogP contribution in [-0.4, -0.2) is 103 Å². The molecule has 3 aromatic carbocycles. The summed E-state index contributed by atoms with van der Waals surface area (Å²) >= 11 is 0. The number of nitrogens with zero attached hydrogens (tertiary/aromatic N) is 2. The average Bonchev–Trinajstić information content (AvgIpc) is 3.16. The maximum absolute atomic E-state index is 13.3. The Morgan fingerprint density at radius 1 is 0.667 bits per heavy atom. The molecule has 260 valence electrons. The van der Waals surface area contributed by atoms with Crippen LogP contribution in [0.1, 0.15) is 11.1 Å². The van der Waals surface area contributed by atoms with Gasteiger partial charge in [-0.15, -0.1) is 11.5 Å². The maximum Gasteiger partial charge on any atom is 0.267 e. The first-order chi connectivity index (χ1) is 24.8. The molecule has 0 aromatic heterocycles. The zero-order valence-corrected chi connectivity index (χ0v) is 28.5. The van der Waals surface area contributed by atoms with Crippen LogP contribution in [0.4, 0.5) is 0 Å². The average molecular weight is 687 g/mol. The summed E-state index contributed by atoms with van der Waals surface area (Å²) in [6, 6.07) is 21.5. The van der Waals surface area contributed by atoms with Crippen LogP contribution >= 0.6 is 0 Å². The van der Waals surface area contributed by atoms with Gasteiger partial charge >= 0.3 is 0 Å². The van der Waals surface area contributed by atoms with E-state index in [1.165, 1.54) is 16.9 Å². The molecule has 3 aromatic rings. The summed E-state index contributed by atoms with van der Waals surface area (Å²) in [4.78, 5) is 29.0. The summed E-state index contributed by atoms with van der Waals surface area (Å²) < 4.78 is 21.9. The third-order valence-electron chi connectivity index (χ3n) is 8.81. The van der Waals surface area contributed by atoms with Crippen molar-refractivity contribution in [3.05, 3.63) is 115 Å². The molecule has 2 fully saturated rings. The summed E-state index contributed by atoms with van der Waals surface area (Å²) in [6.45, 7) is 7.45. The summed E-state index contributed by atoms with van der Waals surface area (Å²) in [5.74, 6) is 12.3. The van der Waals surface area contributed by atoms with Gasteiger partial charge in [-0.2, -0.15) is 0 Å². The van der Waals surface area contributed by atoms with Gasteiger partial charge in [0.15, 0.2) is 12.2 Å². The van der Waals surface area contributed by atoms with Crippen LogP contribution in [0.2, 0.25) is 0 Å². The van der Waals surface area contributed by atoms with Crippen LogP contribution in [0, 0.1) is 23.7 Å². The third-order valence-corrected chi connectivity index (χ3v) is 8.81. The maximum atomic E-state index is 13.3. The van der Waals surface area contributed by atoms with E-state index in [0.717, 1.165) is 0 Å². The van der Waals surface area contributed by atoms with Crippen molar-refractivity contribution in [1.29, 1.82) is 0 Å². The Morgan fingerprint density at radius 3 is 1.51 bits per heavy atom. The number of carbonyl (C=O) groups excluding carboxylic acids is 2. The van der Waals surface area contributed by atoms with Gasteiger partial charge in [-0.3, -0.25) is 9.59 Å². The van der Waals surface area contributed by atoms with Gasteiger partial charge in [-0.05, 0) is 59.4 Å². The quantitative estimate of drug-likeness (QED) is 0.160. The fourth-order valence-corrected chi connectivity index (χ4v) is 6.10. The highest BCUT2D eigenvalue weighted by atomic mass is 16.5. The molecule has 0 spiro atoms. The van der Waals surface area contributed by atoms with E-state index < -0.39 is 36.5 Å². The van der Waals surface area contributed by atoms with Gasteiger partial charge in [0.25, 0.3) is 11.8 Å². The second-order valence-electron chi connectivity index (χ2n) is 11.6. The molecule has 2 heterocycles. The molecule has 5 rings (SSSR count). The molecule has 2 amide bonds. The standard InChI is InChI=1S/C41H38N2O8/c1-6-32(27-17-21-29(48-3)22-18-27)36(44)34-38(50-5)40(46)42(34)25-13-8-9-14-26-43-35(39(41(43)47)51-31-15-11-10-12-16-31)37(45)33(7-2)28-19-23-30(49-4)24-20-28/h10-12,15-24,34-39,44-45H,1-2,25-26H2,3-5H3/t34-,35-,36+,37+,38+,39+/m0/s1. The second-order valence-corrected chi connectivity index (χ2v) is 11.6. The van der Waals surface area contributed by atoms with E-state index in [1.54, 1.807) is 87.0 Å². The van der Waals surface area contributed by atoms with E-state index in [1.807, 2.05) is 6.07 Å². The Hall–Kier alpha value is -5.96. The lowest BCUT2D eigenvalue weighted by Gasteiger charge is -2.47. The van der Waals surface area contributed by atoms with Gasteiger partial charge in [0.05, 0.1) is 33.4 Å². The molecule has 2 aliphatic heterocycles. The molecular formula is C41H38N2O8. The van der Waals surface area contributed by atoms with E-state index in [-0.39, 0.29) is 24.9 Å². The number of likely N-dealkylation sites (tertiary alicyclic amines) is 2. The number of benzene rings is 3. The minimum Gasteiger partial charge on any atom is -0.497 e. The van der Waals surface area contributed by atoms with Crippen LogP contribution in [0.25, 0.3) is 11.1 Å². The number of ether oxygens (including phenoxy) is 4. The van der Waals surface area contributed by atoms with E-state index in [0.29, 0.717) is 39.5 Å². The van der Waals surface area contributed by atoms with Gasteiger partial charge < -0.3 is 39.0 Å². The minimum atomic E-state index is -1.20. The van der Waals surface area contributed by atoms with E-state index in [2.05, 4.69) is 48.3 Å². The van der Waals surface area contributed by atoms with Crippen molar-refractivity contribution >= 4 is 23.0 Å². The minimum absolute atomic E-state index is 0.0194. The molecule has 10 heteroatoms. The van der Waals surface area contributed by atoms with Gasteiger partial charge in [0.2, 0.25) is 0 Å². The predicted molar refractivity (Wildman–Crippen MR) is 191 cm³/mol. The number of para-hydroxylation sites is 1. The van der Waals surface area contributed by atoms with E-state index >= 15 is 0 Å². The SMILES string of the molecule is C=C=C(c1ccc(OC)cc1)[C@@H](O)[C@H]1[C@@H](OC)C(=O)N1CC#CC#CCN1C(=O)[C@H](Oc2ccccc2)[C@@H]1[C@H](O)C(=C=C)c1ccc(OC)cc1.